The monoisotopic (exact) mass is 285 g/mol. The van der Waals surface area contributed by atoms with Crippen molar-refractivity contribution >= 4 is 12.3 Å². The summed E-state index contributed by atoms with van der Waals surface area (Å²) in [6.45, 7) is 4.65. The summed E-state index contributed by atoms with van der Waals surface area (Å²) in [5, 5.41) is 0. The van der Waals surface area contributed by atoms with Gasteiger partial charge in [-0.2, -0.15) is 0 Å². The van der Waals surface area contributed by atoms with Crippen molar-refractivity contribution in [1.29, 1.82) is 0 Å². The Balaban J connectivity index is 2.28. The van der Waals surface area contributed by atoms with Gasteiger partial charge in [-0.25, -0.2) is 4.79 Å². The largest absolute Gasteiger partial charge is 0.465 e. The van der Waals surface area contributed by atoms with Crippen molar-refractivity contribution in [3.8, 4) is 0 Å². The minimum absolute atomic E-state index is 0.347. The Labute approximate surface area is 124 Å². The molecule has 0 fully saturated rings. The SMILES string of the molecule is CCc1cc(C)n(Cc2ccc(C(=O)OC)cc2)c1C=O. The van der Waals surface area contributed by atoms with Gasteiger partial charge in [-0.05, 0) is 42.7 Å². The maximum absolute atomic E-state index is 11.4. The second kappa shape index (κ2) is 6.39. The van der Waals surface area contributed by atoms with Crippen LogP contribution in [-0.2, 0) is 17.7 Å². The molecule has 0 N–H and O–H groups in total. The standard InChI is InChI=1S/C17H19NO3/c1-4-14-9-12(2)18(16(14)11-19)10-13-5-7-15(8-6-13)17(20)21-3/h5-9,11H,4,10H2,1-3H3. The Bertz CT molecular complexity index is 653. The summed E-state index contributed by atoms with van der Waals surface area (Å²) in [6, 6.07) is 9.28. The van der Waals surface area contributed by atoms with Crippen molar-refractivity contribution in [1.82, 2.24) is 4.57 Å². The second-order valence-electron chi connectivity index (χ2n) is 4.94. The van der Waals surface area contributed by atoms with Crippen molar-refractivity contribution in [2.45, 2.75) is 26.8 Å². The zero-order valence-electron chi connectivity index (χ0n) is 12.6. The first-order valence-electron chi connectivity index (χ1n) is 6.92. The van der Waals surface area contributed by atoms with Crippen LogP contribution in [0.2, 0.25) is 0 Å². The van der Waals surface area contributed by atoms with E-state index in [-0.39, 0.29) is 5.97 Å². The third kappa shape index (κ3) is 3.05. The first-order valence-corrected chi connectivity index (χ1v) is 6.92. The lowest BCUT2D eigenvalue weighted by molar-refractivity contribution is 0.0600. The molecule has 0 amide bonds. The van der Waals surface area contributed by atoms with Crippen molar-refractivity contribution in [3.63, 3.8) is 0 Å². The highest BCUT2D eigenvalue weighted by Gasteiger charge is 2.11. The van der Waals surface area contributed by atoms with Crippen LogP contribution in [0.5, 0.6) is 0 Å². The van der Waals surface area contributed by atoms with Gasteiger partial charge in [0.25, 0.3) is 0 Å². The van der Waals surface area contributed by atoms with Crippen LogP contribution in [0.15, 0.2) is 30.3 Å². The number of aryl methyl sites for hydroxylation is 2. The fraction of sp³-hybridized carbons (Fsp3) is 0.294. The fourth-order valence-corrected chi connectivity index (χ4v) is 2.45. The second-order valence-corrected chi connectivity index (χ2v) is 4.94. The number of carbonyl (C=O) groups is 2. The van der Waals surface area contributed by atoms with E-state index in [0.29, 0.717) is 12.1 Å². The molecule has 1 heterocycles. The molecule has 0 spiro atoms. The van der Waals surface area contributed by atoms with Crippen molar-refractivity contribution in [2.24, 2.45) is 0 Å². The first-order chi connectivity index (χ1) is 10.1. The molecule has 0 atom stereocenters. The Kier molecular flexibility index (Phi) is 4.58. The molecule has 0 aliphatic rings. The number of methoxy groups -OCH3 is 1. The van der Waals surface area contributed by atoms with Crippen LogP contribution < -0.4 is 0 Å². The number of aromatic nitrogens is 1. The van der Waals surface area contributed by atoms with E-state index < -0.39 is 0 Å². The average Bonchev–Trinajstić information content (AvgIpc) is 2.82. The molecule has 21 heavy (non-hydrogen) atoms. The average molecular weight is 285 g/mol. The van der Waals surface area contributed by atoms with Gasteiger partial charge in [0.05, 0.1) is 18.4 Å². The van der Waals surface area contributed by atoms with E-state index in [9.17, 15) is 9.59 Å². The Morgan fingerprint density at radius 1 is 1.29 bits per heavy atom. The molecule has 4 heteroatoms. The Morgan fingerprint density at radius 3 is 2.48 bits per heavy atom. The highest BCUT2D eigenvalue weighted by atomic mass is 16.5. The molecule has 0 aliphatic carbocycles. The quantitative estimate of drug-likeness (QED) is 0.626. The summed E-state index contributed by atoms with van der Waals surface area (Å²) < 4.78 is 6.68. The minimum atomic E-state index is -0.347. The summed E-state index contributed by atoms with van der Waals surface area (Å²) in [5.74, 6) is -0.347. The third-order valence-corrected chi connectivity index (χ3v) is 3.64. The third-order valence-electron chi connectivity index (χ3n) is 3.64. The summed E-state index contributed by atoms with van der Waals surface area (Å²) >= 11 is 0. The molecule has 0 saturated heterocycles. The van der Waals surface area contributed by atoms with E-state index in [0.717, 1.165) is 35.2 Å². The summed E-state index contributed by atoms with van der Waals surface area (Å²) in [6.07, 6.45) is 1.75. The van der Waals surface area contributed by atoms with Gasteiger partial charge in [0.1, 0.15) is 0 Å². The minimum Gasteiger partial charge on any atom is -0.465 e. The predicted octanol–water partition coefficient (Wildman–Crippen LogP) is 3.01. The summed E-state index contributed by atoms with van der Waals surface area (Å²) in [7, 11) is 1.36. The first kappa shape index (κ1) is 15.0. The molecule has 4 nitrogen and oxygen atoms in total. The van der Waals surface area contributed by atoms with Crippen LogP contribution >= 0.6 is 0 Å². The number of hydrogen-bond acceptors (Lipinski definition) is 3. The number of rotatable bonds is 5. The normalized spacial score (nSPS) is 10.4. The highest BCUT2D eigenvalue weighted by molar-refractivity contribution is 5.89. The maximum atomic E-state index is 11.4. The number of esters is 1. The molecular formula is C17H19NO3. The number of carbonyl (C=O) groups excluding carboxylic acids is 2. The van der Waals surface area contributed by atoms with Crippen LogP contribution in [0, 0.1) is 6.92 Å². The zero-order valence-corrected chi connectivity index (χ0v) is 12.6. The van der Waals surface area contributed by atoms with Gasteiger partial charge in [0.2, 0.25) is 0 Å². The zero-order chi connectivity index (χ0) is 15.4. The number of hydrogen-bond donors (Lipinski definition) is 0. The van der Waals surface area contributed by atoms with Crippen LogP contribution in [0.4, 0.5) is 0 Å². The van der Waals surface area contributed by atoms with Crippen molar-refractivity contribution < 1.29 is 14.3 Å². The molecule has 0 saturated carbocycles. The van der Waals surface area contributed by atoms with E-state index >= 15 is 0 Å². The van der Waals surface area contributed by atoms with Gasteiger partial charge in [-0.3, -0.25) is 4.79 Å². The lowest BCUT2D eigenvalue weighted by atomic mass is 10.1. The van der Waals surface area contributed by atoms with Gasteiger partial charge in [0, 0.05) is 12.2 Å². The summed E-state index contributed by atoms with van der Waals surface area (Å²) in [5.41, 5.74) is 4.41. The highest BCUT2D eigenvalue weighted by Crippen LogP contribution is 2.17. The molecule has 0 aliphatic heterocycles. The molecule has 1 aromatic heterocycles. The summed E-state index contributed by atoms with van der Waals surface area (Å²) in [4.78, 5) is 22.7. The Hall–Kier alpha value is -2.36. The number of benzene rings is 1. The van der Waals surface area contributed by atoms with Crippen molar-refractivity contribution in [3.05, 3.63) is 58.4 Å². The molecule has 1 aromatic carbocycles. The van der Waals surface area contributed by atoms with E-state index in [1.165, 1.54) is 7.11 Å². The number of nitrogens with zero attached hydrogens (tertiary/aromatic N) is 1. The maximum Gasteiger partial charge on any atom is 0.337 e. The molecule has 0 unspecified atom stereocenters. The van der Waals surface area contributed by atoms with E-state index in [1.807, 2.05) is 36.6 Å². The van der Waals surface area contributed by atoms with Gasteiger partial charge in [-0.1, -0.05) is 19.1 Å². The van der Waals surface area contributed by atoms with E-state index in [4.69, 9.17) is 0 Å². The van der Waals surface area contributed by atoms with Gasteiger partial charge in [0.15, 0.2) is 6.29 Å². The smallest absolute Gasteiger partial charge is 0.337 e. The number of ether oxygens (including phenoxy) is 1. The van der Waals surface area contributed by atoms with Crippen LogP contribution in [-0.4, -0.2) is 23.9 Å². The van der Waals surface area contributed by atoms with Gasteiger partial charge < -0.3 is 9.30 Å². The molecule has 110 valence electrons. The van der Waals surface area contributed by atoms with Crippen LogP contribution in [0.3, 0.4) is 0 Å². The Morgan fingerprint density at radius 2 is 1.95 bits per heavy atom. The molecule has 2 aromatic rings. The molecule has 2 rings (SSSR count). The molecule has 0 bridgehead atoms. The molecule has 0 radical (unpaired) electrons. The van der Waals surface area contributed by atoms with Crippen molar-refractivity contribution in [2.75, 3.05) is 7.11 Å². The van der Waals surface area contributed by atoms with Gasteiger partial charge in [-0.15, -0.1) is 0 Å². The predicted molar refractivity (Wildman–Crippen MR) is 80.8 cm³/mol. The van der Waals surface area contributed by atoms with Gasteiger partial charge >= 0.3 is 5.97 Å². The van der Waals surface area contributed by atoms with Crippen LogP contribution in [0.1, 0.15) is 44.6 Å². The molecular weight excluding hydrogens is 266 g/mol. The van der Waals surface area contributed by atoms with E-state index in [2.05, 4.69) is 4.74 Å². The lowest BCUT2D eigenvalue weighted by Gasteiger charge is -2.10. The van der Waals surface area contributed by atoms with E-state index in [1.54, 1.807) is 12.1 Å². The lowest BCUT2D eigenvalue weighted by Crippen LogP contribution is -2.07. The van der Waals surface area contributed by atoms with Crippen LogP contribution in [0.25, 0.3) is 0 Å². The topological polar surface area (TPSA) is 48.3 Å². The fourth-order valence-electron chi connectivity index (χ4n) is 2.45. The number of aldehydes is 1.